The first-order chi connectivity index (χ1) is 15.4. The van der Waals surface area contributed by atoms with Crippen molar-refractivity contribution in [3.63, 3.8) is 0 Å². The van der Waals surface area contributed by atoms with Crippen LogP contribution in [-0.2, 0) is 0 Å². The number of halogens is 5. The van der Waals surface area contributed by atoms with E-state index in [0.29, 0.717) is 6.42 Å². The van der Waals surface area contributed by atoms with Crippen LogP contribution in [0.2, 0.25) is 0 Å². The van der Waals surface area contributed by atoms with Crippen LogP contribution in [0.15, 0.2) is 65.3 Å². The molecular formula is C27H29F5O. The number of rotatable bonds is 2. The van der Waals surface area contributed by atoms with Gasteiger partial charge >= 0.3 is 12.1 Å². The molecule has 5 atom stereocenters. The Morgan fingerprint density at radius 3 is 2.36 bits per heavy atom. The van der Waals surface area contributed by atoms with Crippen molar-refractivity contribution in [1.82, 2.24) is 0 Å². The third kappa shape index (κ3) is 3.05. The summed E-state index contributed by atoms with van der Waals surface area (Å²) < 4.78 is 70.4. The van der Waals surface area contributed by atoms with Crippen LogP contribution >= 0.6 is 0 Å². The summed E-state index contributed by atoms with van der Waals surface area (Å²) in [6.07, 6.45) is -0.837. The lowest BCUT2D eigenvalue weighted by Gasteiger charge is -2.56. The molecule has 5 rings (SSSR count). The molecule has 0 heterocycles. The van der Waals surface area contributed by atoms with Gasteiger partial charge in [-0.3, -0.25) is 0 Å². The van der Waals surface area contributed by atoms with Gasteiger partial charge in [0.15, 0.2) is 0 Å². The van der Waals surface area contributed by atoms with Gasteiger partial charge in [-0.15, -0.1) is 0 Å². The second-order valence-electron chi connectivity index (χ2n) is 10.6. The van der Waals surface area contributed by atoms with Crippen molar-refractivity contribution in [1.29, 1.82) is 0 Å². The molecule has 178 valence electrons. The van der Waals surface area contributed by atoms with Gasteiger partial charge in [0.1, 0.15) is 5.60 Å². The molecule has 1 aromatic carbocycles. The van der Waals surface area contributed by atoms with Gasteiger partial charge in [0, 0.05) is 11.3 Å². The van der Waals surface area contributed by atoms with E-state index >= 15 is 0 Å². The highest BCUT2D eigenvalue weighted by Gasteiger charge is 2.79. The molecule has 0 aromatic heterocycles. The Kier molecular flexibility index (Phi) is 5.03. The van der Waals surface area contributed by atoms with E-state index in [2.05, 4.69) is 12.7 Å². The molecule has 2 fully saturated rings. The Hall–Kier alpha value is -1.95. The first kappa shape index (κ1) is 22.8. The van der Waals surface area contributed by atoms with Gasteiger partial charge in [-0.25, -0.2) is 0 Å². The Morgan fingerprint density at radius 2 is 1.70 bits per heavy atom. The van der Waals surface area contributed by atoms with Crippen molar-refractivity contribution in [2.75, 3.05) is 0 Å². The molecule has 1 N–H and O–H groups in total. The zero-order valence-corrected chi connectivity index (χ0v) is 18.7. The van der Waals surface area contributed by atoms with Gasteiger partial charge in [0.05, 0.1) is 0 Å². The largest absolute Gasteiger partial charge is 0.456 e. The van der Waals surface area contributed by atoms with Crippen LogP contribution in [0.25, 0.3) is 0 Å². The van der Waals surface area contributed by atoms with Crippen LogP contribution in [-0.4, -0.2) is 22.8 Å². The summed E-state index contributed by atoms with van der Waals surface area (Å²) >= 11 is 0. The Labute approximate surface area is 191 Å². The first-order valence-electron chi connectivity index (χ1n) is 11.7. The molecule has 4 aliphatic rings. The highest BCUT2D eigenvalue weighted by Crippen LogP contribution is 2.70. The van der Waals surface area contributed by atoms with Gasteiger partial charge in [-0.1, -0.05) is 61.1 Å². The van der Waals surface area contributed by atoms with E-state index in [1.807, 2.05) is 30.3 Å². The normalized spacial score (nSPS) is 36.8. The molecule has 0 spiro atoms. The van der Waals surface area contributed by atoms with E-state index in [1.54, 1.807) is 0 Å². The highest BCUT2D eigenvalue weighted by atomic mass is 19.4. The molecule has 0 amide bonds. The van der Waals surface area contributed by atoms with Gasteiger partial charge < -0.3 is 5.11 Å². The van der Waals surface area contributed by atoms with Gasteiger partial charge in [-0.2, -0.15) is 22.0 Å². The molecule has 0 saturated heterocycles. The molecular weight excluding hydrogens is 435 g/mol. The minimum atomic E-state index is -5.80. The van der Waals surface area contributed by atoms with E-state index in [1.165, 1.54) is 23.6 Å². The summed E-state index contributed by atoms with van der Waals surface area (Å²) in [5.74, 6) is -5.98. The number of allylic oxidation sites excluding steroid dienone is 5. The van der Waals surface area contributed by atoms with Crippen molar-refractivity contribution < 1.29 is 27.1 Å². The Bertz CT molecular complexity index is 1040. The molecule has 1 nitrogen and oxygen atoms in total. The van der Waals surface area contributed by atoms with Crippen molar-refractivity contribution in [2.45, 2.75) is 75.5 Å². The number of benzene rings is 1. The average Bonchev–Trinajstić information content (AvgIpc) is 3.04. The number of fused-ring (bicyclic) bond motifs is 4. The lowest BCUT2D eigenvalue weighted by Crippen LogP contribution is -2.65. The standard InChI is InChI=1S/C27H29F5O/c1-16-8-10-19-18(14-16)9-11-20-22-12-13-25(33,26(28,29)27(30,31)32)24(22,2)15-21(23(19)20)17-6-4-3-5-7-17/h3-7,14,20-22,33H,1,8-13,15H2,2H3. The summed E-state index contributed by atoms with van der Waals surface area (Å²) in [5.41, 5.74) is 0.991. The van der Waals surface area contributed by atoms with Crippen molar-refractivity contribution in [3.8, 4) is 0 Å². The maximum absolute atomic E-state index is 14.9. The van der Waals surface area contributed by atoms with E-state index in [9.17, 15) is 27.1 Å². The Morgan fingerprint density at radius 1 is 1.00 bits per heavy atom. The molecule has 33 heavy (non-hydrogen) atoms. The molecule has 5 unspecified atom stereocenters. The molecule has 0 aliphatic heterocycles. The molecule has 6 heteroatoms. The second kappa shape index (κ2) is 7.27. The average molecular weight is 465 g/mol. The topological polar surface area (TPSA) is 20.2 Å². The predicted octanol–water partition coefficient (Wildman–Crippen LogP) is 7.50. The Balaban J connectivity index is 1.69. The number of aliphatic hydroxyl groups is 1. The van der Waals surface area contributed by atoms with E-state index < -0.39 is 35.5 Å². The fourth-order valence-electron chi connectivity index (χ4n) is 7.49. The molecule has 0 bridgehead atoms. The molecule has 4 aliphatic carbocycles. The number of hydrogen-bond donors (Lipinski definition) is 1. The second-order valence-corrected chi connectivity index (χ2v) is 10.6. The van der Waals surface area contributed by atoms with Crippen LogP contribution in [0, 0.1) is 17.3 Å². The summed E-state index contributed by atoms with van der Waals surface area (Å²) in [5, 5.41) is 11.2. The summed E-state index contributed by atoms with van der Waals surface area (Å²) in [7, 11) is 0. The third-order valence-corrected chi connectivity index (χ3v) is 9.08. The van der Waals surface area contributed by atoms with Gasteiger partial charge in [-0.05, 0) is 73.5 Å². The number of alkyl halides is 5. The summed E-state index contributed by atoms with van der Waals surface area (Å²) in [6.45, 7) is 5.58. The molecule has 0 radical (unpaired) electrons. The van der Waals surface area contributed by atoms with E-state index in [4.69, 9.17) is 0 Å². The minimum Gasteiger partial charge on any atom is -0.383 e. The smallest absolute Gasteiger partial charge is 0.383 e. The van der Waals surface area contributed by atoms with Crippen LogP contribution in [0.3, 0.4) is 0 Å². The lowest BCUT2D eigenvalue weighted by atomic mass is 9.50. The zero-order chi connectivity index (χ0) is 23.8. The third-order valence-electron chi connectivity index (χ3n) is 9.08. The zero-order valence-electron chi connectivity index (χ0n) is 18.7. The quantitative estimate of drug-likeness (QED) is 0.449. The summed E-state index contributed by atoms with van der Waals surface area (Å²) in [4.78, 5) is 0. The maximum atomic E-state index is 14.9. The van der Waals surface area contributed by atoms with Crippen LogP contribution < -0.4 is 0 Å². The van der Waals surface area contributed by atoms with Crippen molar-refractivity contribution in [3.05, 3.63) is 70.8 Å². The van der Waals surface area contributed by atoms with Crippen LogP contribution in [0.1, 0.15) is 63.4 Å². The fraction of sp³-hybridized carbons (Fsp3) is 0.556. The monoisotopic (exact) mass is 464 g/mol. The molecule has 2 saturated carbocycles. The predicted molar refractivity (Wildman–Crippen MR) is 117 cm³/mol. The summed E-state index contributed by atoms with van der Waals surface area (Å²) in [6, 6.07) is 9.46. The van der Waals surface area contributed by atoms with Crippen molar-refractivity contribution in [2.24, 2.45) is 17.3 Å². The SMILES string of the molecule is C=C1C=C2CCC3C(=C2CC1)C(c1ccccc1)CC1(C)C3CCC1(O)C(F)(F)C(F)(F)F. The van der Waals surface area contributed by atoms with Crippen LogP contribution in [0.4, 0.5) is 22.0 Å². The number of hydrogen-bond acceptors (Lipinski definition) is 1. The highest BCUT2D eigenvalue weighted by molar-refractivity contribution is 5.51. The molecule has 1 aromatic rings. The van der Waals surface area contributed by atoms with Crippen LogP contribution in [0.5, 0.6) is 0 Å². The fourth-order valence-corrected chi connectivity index (χ4v) is 7.49. The van der Waals surface area contributed by atoms with E-state index in [-0.39, 0.29) is 24.7 Å². The van der Waals surface area contributed by atoms with Gasteiger partial charge in [0.25, 0.3) is 0 Å². The van der Waals surface area contributed by atoms with E-state index in [0.717, 1.165) is 30.4 Å². The van der Waals surface area contributed by atoms with Gasteiger partial charge in [0.2, 0.25) is 0 Å². The minimum absolute atomic E-state index is 0.0768. The first-order valence-corrected chi connectivity index (χ1v) is 11.7. The van der Waals surface area contributed by atoms with Crippen molar-refractivity contribution >= 4 is 0 Å². The maximum Gasteiger partial charge on any atom is 0.456 e. The lowest BCUT2D eigenvalue weighted by molar-refractivity contribution is -0.362.